The van der Waals surface area contributed by atoms with Crippen molar-refractivity contribution in [2.45, 2.75) is 6.92 Å². The van der Waals surface area contributed by atoms with Gasteiger partial charge in [-0.1, -0.05) is 12.1 Å². The Labute approximate surface area is 107 Å². The second kappa shape index (κ2) is 5.21. The molecule has 0 spiro atoms. The molecule has 0 N–H and O–H groups in total. The number of piperazine rings is 1. The summed E-state index contributed by atoms with van der Waals surface area (Å²) in [4.78, 5) is 26.9. The number of hydrogen-bond donors (Lipinski definition) is 0. The number of rotatable bonds is 1. The van der Waals surface area contributed by atoms with Crippen LogP contribution in [0.3, 0.4) is 0 Å². The standard InChI is InChI=1S/C14H16N2O2/c1-11-3-5-13(6-4-11)14(18)16-9-7-15(8-10-16)12(2)17/h1,3-6H,7-10H2,2H3. The molecule has 1 aliphatic rings. The molecule has 0 aliphatic carbocycles. The average molecular weight is 244 g/mol. The summed E-state index contributed by atoms with van der Waals surface area (Å²) in [5.74, 6) is 0.0628. The number of hydrogen-bond acceptors (Lipinski definition) is 2. The molecule has 1 saturated heterocycles. The predicted octanol–water partition coefficient (Wildman–Crippen LogP) is 1.05. The molecule has 1 fully saturated rings. The van der Waals surface area contributed by atoms with E-state index in [1.165, 1.54) is 0 Å². The van der Waals surface area contributed by atoms with Gasteiger partial charge in [0.1, 0.15) is 0 Å². The Morgan fingerprint density at radius 2 is 1.50 bits per heavy atom. The normalized spacial score (nSPS) is 15.7. The van der Waals surface area contributed by atoms with Crippen molar-refractivity contribution in [2.24, 2.45) is 0 Å². The Morgan fingerprint density at radius 3 is 2.00 bits per heavy atom. The fourth-order valence-electron chi connectivity index (χ4n) is 2.03. The van der Waals surface area contributed by atoms with Crippen LogP contribution >= 0.6 is 0 Å². The van der Waals surface area contributed by atoms with Crippen molar-refractivity contribution in [1.82, 2.24) is 9.80 Å². The van der Waals surface area contributed by atoms with Gasteiger partial charge in [0.2, 0.25) is 5.91 Å². The van der Waals surface area contributed by atoms with Crippen LogP contribution in [-0.2, 0) is 4.79 Å². The Bertz CT molecular complexity index is 445. The van der Waals surface area contributed by atoms with Crippen LogP contribution in [0, 0.1) is 6.92 Å². The number of carbonyl (C=O) groups is 2. The average Bonchev–Trinajstić information content (AvgIpc) is 2.39. The highest BCUT2D eigenvalue weighted by atomic mass is 16.2. The first-order valence-electron chi connectivity index (χ1n) is 5.98. The maximum atomic E-state index is 12.2. The molecule has 18 heavy (non-hydrogen) atoms. The van der Waals surface area contributed by atoms with E-state index >= 15 is 0 Å². The third kappa shape index (κ3) is 2.70. The molecule has 4 nitrogen and oxygen atoms in total. The molecule has 1 aromatic rings. The fraction of sp³-hybridized carbons (Fsp3) is 0.357. The number of nitrogens with zero attached hydrogens (tertiary/aromatic N) is 2. The quantitative estimate of drug-likeness (QED) is 0.741. The molecule has 1 heterocycles. The van der Waals surface area contributed by atoms with Crippen molar-refractivity contribution < 1.29 is 9.59 Å². The minimum Gasteiger partial charge on any atom is -0.339 e. The minimum absolute atomic E-state index is 0.00166. The number of amides is 2. The van der Waals surface area contributed by atoms with Crippen molar-refractivity contribution in [3.05, 3.63) is 42.3 Å². The molecule has 0 unspecified atom stereocenters. The molecule has 0 aromatic heterocycles. The Hall–Kier alpha value is -1.84. The van der Waals surface area contributed by atoms with Crippen LogP contribution in [0.5, 0.6) is 0 Å². The second-order valence-electron chi connectivity index (χ2n) is 4.42. The van der Waals surface area contributed by atoms with Gasteiger partial charge >= 0.3 is 0 Å². The van der Waals surface area contributed by atoms with Gasteiger partial charge in [0.15, 0.2) is 0 Å². The summed E-state index contributed by atoms with van der Waals surface area (Å²) in [6.07, 6.45) is 0. The monoisotopic (exact) mass is 244 g/mol. The van der Waals surface area contributed by atoms with E-state index in [-0.39, 0.29) is 11.8 Å². The van der Waals surface area contributed by atoms with E-state index < -0.39 is 0 Å². The van der Waals surface area contributed by atoms with Crippen LogP contribution in [0.25, 0.3) is 0 Å². The number of benzene rings is 1. The molecule has 94 valence electrons. The van der Waals surface area contributed by atoms with Gasteiger partial charge in [-0.15, -0.1) is 0 Å². The third-order valence-corrected chi connectivity index (χ3v) is 3.17. The third-order valence-electron chi connectivity index (χ3n) is 3.17. The topological polar surface area (TPSA) is 40.6 Å². The van der Waals surface area contributed by atoms with Gasteiger partial charge in [0.05, 0.1) is 0 Å². The molecule has 1 aliphatic heterocycles. The minimum atomic E-state index is -0.00166. The fourth-order valence-corrected chi connectivity index (χ4v) is 2.03. The zero-order valence-corrected chi connectivity index (χ0v) is 10.4. The highest BCUT2D eigenvalue weighted by Gasteiger charge is 2.22. The molecule has 1 aromatic carbocycles. The summed E-state index contributed by atoms with van der Waals surface area (Å²) in [5.41, 5.74) is 1.29. The summed E-state index contributed by atoms with van der Waals surface area (Å²) in [7, 11) is 0. The summed E-state index contributed by atoms with van der Waals surface area (Å²) < 4.78 is 0. The molecule has 0 atom stereocenters. The van der Waals surface area contributed by atoms with Crippen LogP contribution < -0.4 is 0 Å². The molecule has 0 saturated carbocycles. The van der Waals surface area contributed by atoms with E-state index in [4.69, 9.17) is 6.92 Å². The van der Waals surface area contributed by atoms with Gasteiger partial charge in [-0.25, -0.2) is 0 Å². The van der Waals surface area contributed by atoms with Crippen LogP contribution in [0.15, 0.2) is 24.3 Å². The van der Waals surface area contributed by atoms with Gasteiger partial charge in [0, 0.05) is 38.7 Å². The molecule has 2 radical (unpaired) electrons. The maximum absolute atomic E-state index is 12.2. The summed E-state index contributed by atoms with van der Waals surface area (Å²) in [5, 5.41) is 0. The highest BCUT2D eigenvalue weighted by Crippen LogP contribution is 2.10. The van der Waals surface area contributed by atoms with Gasteiger partial charge in [-0.05, 0) is 24.6 Å². The van der Waals surface area contributed by atoms with Crippen LogP contribution in [0.4, 0.5) is 0 Å². The Kier molecular flexibility index (Phi) is 3.65. The van der Waals surface area contributed by atoms with Crippen LogP contribution in [0.2, 0.25) is 0 Å². The van der Waals surface area contributed by atoms with Crippen LogP contribution in [0.1, 0.15) is 22.8 Å². The number of carbonyl (C=O) groups excluding carboxylic acids is 2. The van der Waals surface area contributed by atoms with Gasteiger partial charge in [0.25, 0.3) is 5.91 Å². The SMILES string of the molecule is [CH]c1ccc(C(=O)N2CCN(C(C)=O)CC2)cc1. The van der Waals surface area contributed by atoms with Crippen molar-refractivity contribution in [2.75, 3.05) is 26.2 Å². The maximum Gasteiger partial charge on any atom is 0.253 e. The lowest BCUT2D eigenvalue weighted by Gasteiger charge is -2.34. The molecular weight excluding hydrogens is 228 g/mol. The van der Waals surface area contributed by atoms with Crippen molar-refractivity contribution in [1.29, 1.82) is 0 Å². The summed E-state index contributed by atoms with van der Waals surface area (Å²) in [6.45, 7) is 9.53. The lowest BCUT2D eigenvalue weighted by Crippen LogP contribution is -2.50. The largest absolute Gasteiger partial charge is 0.339 e. The van der Waals surface area contributed by atoms with E-state index in [2.05, 4.69) is 0 Å². The molecule has 4 heteroatoms. The zero-order chi connectivity index (χ0) is 13.1. The van der Waals surface area contributed by atoms with Gasteiger partial charge in [-0.3, -0.25) is 9.59 Å². The Balaban J connectivity index is 1.99. The van der Waals surface area contributed by atoms with E-state index in [1.54, 1.807) is 41.0 Å². The smallest absolute Gasteiger partial charge is 0.253 e. The Morgan fingerprint density at radius 1 is 1.00 bits per heavy atom. The van der Waals surface area contributed by atoms with Crippen molar-refractivity contribution in [3.63, 3.8) is 0 Å². The molecule has 2 amide bonds. The lowest BCUT2D eigenvalue weighted by atomic mass is 10.1. The first-order chi connectivity index (χ1) is 8.58. The van der Waals surface area contributed by atoms with Crippen molar-refractivity contribution >= 4 is 11.8 Å². The zero-order valence-electron chi connectivity index (χ0n) is 10.4. The molecule has 0 bridgehead atoms. The van der Waals surface area contributed by atoms with E-state index in [0.717, 1.165) is 0 Å². The molecular formula is C14H16N2O2. The molecule has 2 rings (SSSR count). The van der Waals surface area contributed by atoms with Gasteiger partial charge < -0.3 is 9.80 Å². The predicted molar refractivity (Wildman–Crippen MR) is 68.0 cm³/mol. The first kappa shape index (κ1) is 12.6. The lowest BCUT2D eigenvalue weighted by molar-refractivity contribution is -0.130. The van der Waals surface area contributed by atoms with Crippen LogP contribution in [-0.4, -0.2) is 47.8 Å². The summed E-state index contributed by atoms with van der Waals surface area (Å²) >= 11 is 0. The first-order valence-corrected chi connectivity index (χ1v) is 5.98. The van der Waals surface area contributed by atoms with E-state index in [0.29, 0.717) is 37.3 Å². The highest BCUT2D eigenvalue weighted by molar-refractivity contribution is 5.94. The van der Waals surface area contributed by atoms with E-state index in [9.17, 15) is 9.59 Å². The van der Waals surface area contributed by atoms with Crippen molar-refractivity contribution in [3.8, 4) is 0 Å². The summed E-state index contributed by atoms with van der Waals surface area (Å²) in [6, 6.07) is 6.90. The van der Waals surface area contributed by atoms with Gasteiger partial charge in [-0.2, -0.15) is 0 Å². The van der Waals surface area contributed by atoms with E-state index in [1.807, 2.05) is 0 Å². The second-order valence-corrected chi connectivity index (χ2v) is 4.42.